The van der Waals surface area contributed by atoms with E-state index in [0.29, 0.717) is 5.92 Å². The lowest BCUT2D eigenvalue weighted by molar-refractivity contribution is -0.129. The van der Waals surface area contributed by atoms with Crippen LogP contribution in [-0.4, -0.2) is 39.6 Å². The number of amides is 1. The number of nitrogens with one attached hydrogen (secondary N) is 1. The Morgan fingerprint density at radius 1 is 1.30 bits per heavy atom. The summed E-state index contributed by atoms with van der Waals surface area (Å²) in [5, 5.41) is 7.76. The highest BCUT2D eigenvalue weighted by Gasteiger charge is 2.34. The van der Waals surface area contributed by atoms with Crippen LogP contribution in [0.2, 0.25) is 0 Å². The minimum atomic E-state index is -0.344. The van der Waals surface area contributed by atoms with Gasteiger partial charge in [-0.2, -0.15) is 5.10 Å². The van der Waals surface area contributed by atoms with E-state index in [0.717, 1.165) is 24.4 Å². The van der Waals surface area contributed by atoms with Gasteiger partial charge in [0.05, 0.1) is 11.7 Å². The van der Waals surface area contributed by atoms with Crippen molar-refractivity contribution in [2.24, 2.45) is 5.41 Å². The van der Waals surface area contributed by atoms with E-state index in [9.17, 15) is 4.79 Å². The molecule has 1 amide bonds. The predicted octanol–water partition coefficient (Wildman–Crippen LogP) is 1.96. The molecule has 6 nitrogen and oxygen atoms in total. The number of hydrogen-bond acceptors (Lipinski definition) is 4. The fraction of sp³-hybridized carbons (Fsp3) is 0.588. The van der Waals surface area contributed by atoms with Gasteiger partial charge in [-0.15, -0.1) is 0 Å². The zero-order valence-electron chi connectivity index (χ0n) is 13.9. The molecule has 2 aromatic rings. The number of fused-ring (bicyclic) bond motifs is 1. The minimum Gasteiger partial charge on any atom is -0.351 e. The van der Waals surface area contributed by atoms with Crippen LogP contribution in [0.3, 0.4) is 0 Å². The Morgan fingerprint density at radius 3 is 2.70 bits per heavy atom. The minimum absolute atomic E-state index is 0.105. The molecule has 4 rings (SSSR count). The summed E-state index contributed by atoms with van der Waals surface area (Å²) in [5.74, 6) is 1.71. The molecule has 2 aromatic heterocycles. The first kappa shape index (κ1) is 14.5. The Balaban J connectivity index is 1.48. The number of aromatic nitrogens is 3. The maximum atomic E-state index is 12.0. The molecule has 3 heterocycles. The van der Waals surface area contributed by atoms with Crippen molar-refractivity contribution in [3.05, 3.63) is 24.2 Å². The average Bonchev–Trinajstić information content (AvgIpc) is 3.20. The Hall–Kier alpha value is -2.11. The number of nitrogens with zero attached hydrogens (tertiary/aromatic N) is 4. The quantitative estimate of drug-likeness (QED) is 0.941. The van der Waals surface area contributed by atoms with Crippen LogP contribution in [0.1, 0.15) is 45.2 Å². The zero-order chi connectivity index (χ0) is 16.2. The Bertz CT molecular complexity index is 750. The molecule has 2 fully saturated rings. The van der Waals surface area contributed by atoms with Gasteiger partial charge in [-0.25, -0.2) is 9.50 Å². The highest BCUT2D eigenvalue weighted by molar-refractivity contribution is 5.82. The van der Waals surface area contributed by atoms with Crippen LogP contribution < -0.4 is 10.2 Å². The zero-order valence-corrected chi connectivity index (χ0v) is 13.9. The predicted molar refractivity (Wildman–Crippen MR) is 88.6 cm³/mol. The molecule has 0 unspecified atom stereocenters. The van der Waals surface area contributed by atoms with E-state index >= 15 is 0 Å². The van der Waals surface area contributed by atoms with Crippen molar-refractivity contribution < 1.29 is 4.79 Å². The molecule has 1 saturated carbocycles. The Kier molecular flexibility index (Phi) is 3.11. The fourth-order valence-electron chi connectivity index (χ4n) is 2.89. The van der Waals surface area contributed by atoms with E-state index in [1.807, 2.05) is 31.5 Å². The Morgan fingerprint density at radius 2 is 2.04 bits per heavy atom. The van der Waals surface area contributed by atoms with Gasteiger partial charge in [-0.05, 0) is 18.9 Å². The van der Waals surface area contributed by atoms with Crippen LogP contribution in [0.4, 0.5) is 5.82 Å². The molecule has 6 heteroatoms. The lowest BCUT2D eigenvalue weighted by Crippen LogP contribution is -2.61. The van der Waals surface area contributed by atoms with E-state index < -0.39 is 0 Å². The molecule has 1 N–H and O–H groups in total. The topological polar surface area (TPSA) is 62.5 Å². The molecular weight excluding hydrogens is 290 g/mol. The number of rotatable bonds is 3. The number of carbonyl (C=O) groups is 1. The van der Waals surface area contributed by atoms with E-state index in [1.54, 1.807) is 6.20 Å². The Labute approximate surface area is 135 Å². The second kappa shape index (κ2) is 4.94. The number of hydrogen-bond donors (Lipinski definition) is 1. The van der Waals surface area contributed by atoms with Crippen LogP contribution in [0.5, 0.6) is 0 Å². The van der Waals surface area contributed by atoms with Crippen LogP contribution in [0, 0.1) is 5.41 Å². The first-order valence-corrected chi connectivity index (χ1v) is 8.32. The van der Waals surface area contributed by atoms with Gasteiger partial charge in [0.2, 0.25) is 5.91 Å². The average molecular weight is 313 g/mol. The molecule has 0 bridgehead atoms. The molecule has 2 aliphatic rings. The van der Waals surface area contributed by atoms with E-state index in [-0.39, 0.29) is 17.4 Å². The van der Waals surface area contributed by atoms with Crippen molar-refractivity contribution in [1.82, 2.24) is 19.9 Å². The summed E-state index contributed by atoms with van der Waals surface area (Å²) >= 11 is 0. The van der Waals surface area contributed by atoms with Crippen molar-refractivity contribution in [3.63, 3.8) is 0 Å². The third kappa shape index (κ3) is 2.66. The lowest BCUT2D eigenvalue weighted by atomic mass is 9.94. The maximum absolute atomic E-state index is 12.0. The summed E-state index contributed by atoms with van der Waals surface area (Å²) in [4.78, 5) is 18.8. The highest BCUT2D eigenvalue weighted by atomic mass is 16.2. The summed E-state index contributed by atoms with van der Waals surface area (Å²) in [6.07, 6.45) is 6.20. The van der Waals surface area contributed by atoms with Crippen LogP contribution in [0.25, 0.3) is 5.52 Å². The third-order valence-corrected chi connectivity index (χ3v) is 4.58. The monoisotopic (exact) mass is 313 g/mol. The van der Waals surface area contributed by atoms with Gasteiger partial charge < -0.3 is 10.2 Å². The van der Waals surface area contributed by atoms with Gasteiger partial charge in [-0.3, -0.25) is 4.79 Å². The molecule has 1 saturated heterocycles. The smallest absolute Gasteiger partial charge is 0.225 e. The molecule has 1 aliphatic carbocycles. The first-order chi connectivity index (χ1) is 10.9. The highest BCUT2D eigenvalue weighted by Crippen LogP contribution is 2.40. The van der Waals surface area contributed by atoms with Gasteiger partial charge in [-0.1, -0.05) is 20.8 Å². The van der Waals surface area contributed by atoms with Crippen LogP contribution in [0.15, 0.2) is 18.5 Å². The second-order valence-electron chi connectivity index (χ2n) is 7.75. The summed E-state index contributed by atoms with van der Waals surface area (Å²) < 4.78 is 1.93. The van der Waals surface area contributed by atoms with Crippen LogP contribution >= 0.6 is 0 Å². The van der Waals surface area contributed by atoms with Crippen molar-refractivity contribution in [1.29, 1.82) is 0 Å². The number of anilines is 1. The molecule has 0 spiro atoms. The summed E-state index contributed by atoms with van der Waals surface area (Å²) in [6.45, 7) is 7.42. The standard InChI is InChI=1S/C17H23N5O/c1-17(2,3)16(23)19-12-9-21(10-12)15-14-8-13(11-4-5-11)20-22(14)7-6-18-15/h6-8,11-12H,4-5,9-10H2,1-3H3,(H,19,23). The maximum Gasteiger partial charge on any atom is 0.225 e. The molecule has 122 valence electrons. The second-order valence-corrected chi connectivity index (χ2v) is 7.75. The van der Waals surface area contributed by atoms with E-state index in [4.69, 9.17) is 0 Å². The third-order valence-electron chi connectivity index (χ3n) is 4.58. The fourth-order valence-corrected chi connectivity index (χ4v) is 2.89. The van der Waals surface area contributed by atoms with Gasteiger partial charge in [0.15, 0.2) is 5.82 Å². The molecule has 23 heavy (non-hydrogen) atoms. The first-order valence-electron chi connectivity index (χ1n) is 8.32. The SMILES string of the molecule is CC(C)(C)C(=O)NC1CN(c2nccn3nc(C4CC4)cc23)C1. The lowest BCUT2D eigenvalue weighted by Gasteiger charge is -2.41. The summed E-state index contributed by atoms with van der Waals surface area (Å²) in [7, 11) is 0. The molecule has 0 atom stereocenters. The molecule has 0 radical (unpaired) electrons. The van der Waals surface area contributed by atoms with E-state index in [2.05, 4.69) is 26.4 Å². The normalized spacial score (nSPS) is 19.0. The molecule has 0 aromatic carbocycles. The molecular formula is C17H23N5O. The van der Waals surface area contributed by atoms with E-state index in [1.165, 1.54) is 18.5 Å². The van der Waals surface area contributed by atoms with Gasteiger partial charge in [0.25, 0.3) is 0 Å². The van der Waals surface area contributed by atoms with Crippen molar-refractivity contribution in [2.45, 2.75) is 45.6 Å². The number of carbonyl (C=O) groups excluding carboxylic acids is 1. The van der Waals surface area contributed by atoms with Gasteiger partial charge >= 0.3 is 0 Å². The van der Waals surface area contributed by atoms with Crippen LogP contribution in [-0.2, 0) is 4.79 Å². The summed E-state index contributed by atoms with van der Waals surface area (Å²) in [5.41, 5.74) is 1.90. The summed E-state index contributed by atoms with van der Waals surface area (Å²) in [6, 6.07) is 2.37. The largest absolute Gasteiger partial charge is 0.351 e. The van der Waals surface area contributed by atoms with Crippen molar-refractivity contribution in [3.8, 4) is 0 Å². The van der Waals surface area contributed by atoms with Crippen molar-refractivity contribution >= 4 is 17.2 Å². The van der Waals surface area contributed by atoms with Crippen molar-refractivity contribution in [2.75, 3.05) is 18.0 Å². The molecule has 1 aliphatic heterocycles. The van der Waals surface area contributed by atoms with Gasteiger partial charge in [0, 0.05) is 36.8 Å². The van der Waals surface area contributed by atoms with Gasteiger partial charge in [0.1, 0.15) is 5.52 Å².